The first-order valence-electron chi connectivity index (χ1n) is 14.2. The molecule has 3 aliphatic carbocycles. The number of hydrogen-bond donors (Lipinski definition) is 2. The van der Waals surface area contributed by atoms with E-state index in [2.05, 4.69) is 40.8 Å². The average molecular weight is 510 g/mol. The van der Waals surface area contributed by atoms with Gasteiger partial charge >= 0.3 is 5.76 Å². The monoisotopic (exact) mass is 509 g/mol. The molecule has 6 rings (SSSR count). The first-order chi connectivity index (χ1) is 18.0. The molecule has 1 atom stereocenters. The summed E-state index contributed by atoms with van der Waals surface area (Å²) in [7, 11) is 0. The number of ether oxygens (including phenoxy) is 1. The Morgan fingerprint density at radius 2 is 1.92 bits per heavy atom. The maximum atomic E-state index is 11.7. The number of nitrogens with one attached hydrogen (secondary N) is 2. The highest BCUT2D eigenvalue weighted by atomic mass is 16.5. The van der Waals surface area contributed by atoms with Crippen molar-refractivity contribution in [3.8, 4) is 11.6 Å². The highest BCUT2D eigenvalue weighted by Gasteiger charge is 2.45. The first kappa shape index (κ1) is 24.6. The lowest BCUT2D eigenvalue weighted by molar-refractivity contribution is -0.109. The number of fused-ring (bicyclic) bond motifs is 1. The van der Waals surface area contributed by atoms with Gasteiger partial charge in [0.25, 0.3) is 0 Å². The molecule has 0 amide bonds. The van der Waals surface area contributed by atoms with E-state index in [0.717, 1.165) is 48.9 Å². The van der Waals surface area contributed by atoms with E-state index in [1.807, 2.05) is 0 Å². The van der Waals surface area contributed by atoms with Crippen molar-refractivity contribution in [2.45, 2.75) is 103 Å². The fourth-order valence-corrected chi connectivity index (χ4v) is 6.34. The van der Waals surface area contributed by atoms with Gasteiger partial charge in [-0.2, -0.15) is 0 Å². The topological polar surface area (TPSA) is 124 Å². The average Bonchev–Trinajstić information content (AvgIpc) is 3.40. The van der Waals surface area contributed by atoms with Crippen molar-refractivity contribution in [1.29, 1.82) is 0 Å². The molecule has 0 aromatic carbocycles. The predicted octanol–water partition coefficient (Wildman–Crippen LogP) is 5.01. The molecule has 3 aromatic rings. The minimum atomic E-state index is -0.626. The Kier molecular flexibility index (Phi) is 6.54. The van der Waals surface area contributed by atoms with Crippen LogP contribution in [-0.4, -0.2) is 42.3 Å². The largest absolute Gasteiger partial charge is 0.439 e. The van der Waals surface area contributed by atoms with Gasteiger partial charge in [0.1, 0.15) is 16.9 Å². The zero-order valence-corrected chi connectivity index (χ0v) is 22.3. The molecule has 0 bridgehead atoms. The number of aromatic amines is 1. The molecular formula is C27H39N7O3. The summed E-state index contributed by atoms with van der Waals surface area (Å²) in [6, 6.07) is 0.267. The third-order valence-corrected chi connectivity index (χ3v) is 9.04. The third-order valence-electron chi connectivity index (χ3n) is 9.04. The van der Waals surface area contributed by atoms with Crippen molar-refractivity contribution in [3.05, 3.63) is 16.4 Å². The maximum absolute atomic E-state index is 11.7. The van der Waals surface area contributed by atoms with Gasteiger partial charge in [0.15, 0.2) is 11.5 Å². The molecule has 0 aliphatic heterocycles. The molecule has 37 heavy (non-hydrogen) atoms. The zero-order valence-electron chi connectivity index (χ0n) is 22.3. The van der Waals surface area contributed by atoms with Gasteiger partial charge in [-0.3, -0.25) is 9.51 Å². The van der Waals surface area contributed by atoms with Crippen molar-refractivity contribution >= 4 is 17.0 Å². The standard InChI is InChI=1S/C27H39N7O3/c1-4-36-27(13-6-14-27)25-31-22-20(34(25)15-18-11-9-16(2)10-12-18)21(28-17(3)19-7-5-8-19)29-23(30-22)24-32-26(35)37-33-24/h16-19H,4-15H2,1-3H3,(H,28,29,30)(H,32,33,35)/t16?,17-,18?/m1/s1. The van der Waals surface area contributed by atoms with E-state index in [9.17, 15) is 4.79 Å². The van der Waals surface area contributed by atoms with Gasteiger partial charge in [0.05, 0.1) is 0 Å². The van der Waals surface area contributed by atoms with Gasteiger partial charge in [-0.05, 0) is 76.5 Å². The summed E-state index contributed by atoms with van der Waals surface area (Å²) >= 11 is 0. The van der Waals surface area contributed by atoms with Crippen LogP contribution >= 0.6 is 0 Å². The van der Waals surface area contributed by atoms with Crippen molar-refractivity contribution in [3.63, 3.8) is 0 Å². The SMILES string of the molecule is CCOC1(c2nc3nc(-c4noc(=O)[nH]4)nc(N[C@H](C)C4CCC4)c3n2CC2CCC(C)CC2)CCC1. The van der Waals surface area contributed by atoms with Gasteiger partial charge in [0.2, 0.25) is 11.6 Å². The van der Waals surface area contributed by atoms with E-state index >= 15 is 0 Å². The Labute approximate surface area is 217 Å². The Balaban J connectivity index is 1.50. The molecule has 200 valence electrons. The van der Waals surface area contributed by atoms with Crippen LogP contribution in [0.25, 0.3) is 22.8 Å². The second-order valence-electron chi connectivity index (χ2n) is 11.6. The molecule has 3 aromatic heterocycles. The Morgan fingerprint density at radius 3 is 2.51 bits per heavy atom. The van der Waals surface area contributed by atoms with Crippen molar-refractivity contribution in [1.82, 2.24) is 29.7 Å². The smallest absolute Gasteiger partial charge is 0.367 e. The number of H-pyrrole nitrogens is 1. The van der Waals surface area contributed by atoms with Crippen LogP contribution in [0.2, 0.25) is 0 Å². The molecule has 0 spiro atoms. The van der Waals surface area contributed by atoms with Crippen LogP contribution in [0.5, 0.6) is 0 Å². The van der Waals surface area contributed by atoms with E-state index < -0.39 is 5.76 Å². The van der Waals surface area contributed by atoms with E-state index in [1.165, 1.54) is 44.9 Å². The number of rotatable bonds is 9. The summed E-state index contributed by atoms with van der Waals surface area (Å²) in [6.07, 6.45) is 11.8. The number of aromatic nitrogens is 6. The van der Waals surface area contributed by atoms with Crippen LogP contribution in [0, 0.1) is 17.8 Å². The van der Waals surface area contributed by atoms with E-state index in [1.54, 1.807) is 0 Å². The number of imidazole rings is 1. The zero-order chi connectivity index (χ0) is 25.6. The van der Waals surface area contributed by atoms with Gasteiger partial charge in [0, 0.05) is 19.2 Å². The molecule has 10 heteroatoms. The van der Waals surface area contributed by atoms with Crippen molar-refractivity contribution < 1.29 is 9.26 Å². The highest BCUT2D eigenvalue weighted by Crippen LogP contribution is 2.46. The second kappa shape index (κ2) is 9.85. The van der Waals surface area contributed by atoms with Crippen molar-refractivity contribution in [2.75, 3.05) is 11.9 Å². The highest BCUT2D eigenvalue weighted by molar-refractivity contribution is 5.86. The van der Waals surface area contributed by atoms with Gasteiger partial charge in [-0.1, -0.05) is 31.3 Å². The summed E-state index contributed by atoms with van der Waals surface area (Å²) in [6.45, 7) is 8.18. The summed E-state index contributed by atoms with van der Waals surface area (Å²) in [5.74, 6) is 3.62. The fourth-order valence-electron chi connectivity index (χ4n) is 6.34. The van der Waals surface area contributed by atoms with E-state index in [0.29, 0.717) is 29.9 Å². The first-order valence-corrected chi connectivity index (χ1v) is 14.2. The number of hydrogen-bond acceptors (Lipinski definition) is 8. The molecule has 0 unspecified atom stereocenters. The summed E-state index contributed by atoms with van der Waals surface area (Å²) < 4.78 is 13.5. The van der Waals surface area contributed by atoms with Crippen molar-refractivity contribution in [2.24, 2.45) is 17.8 Å². The molecule has 2 N–H and O–H groups in total. The van der Waals surface area contributed by atoms with Gasteiger partial charge < -0.3 is 14.6 Å². The fraction of sp³-hybridized carbons (Fsp3) is 0.741. The molecule has 3 heterocycles. The summed E-state index contributed by atoms with van der Waals surface area (Å²) in [5.41, 5.74) is 1.17. The Bertz CT molecular complexity index is 1300. The lowest BCUT2D eigenvalue weighted by Gasteiger charge is -2.41. The minimum Gasteiger partial charge on any atom is -0.367 e. The summed E-state index contributed by atoms with van der Waals surface area (Å²) in [4.78, 5) is 29.1. The minimum absolute atomic E-state index is 0.215. The molecule has 0 radical (unpaired) electrons. The van der Waals surface area contributed by atoms with Crippen LogP contribution in [0.1, 0.15) is 90.8 Å². The van der Waals surface area contributed by atoms with Crippen LogP contribution in [0.4, 0.5) is 5.82 Å². The lowest BCUT2D eigenvalue weighted by atomic mass is 9.78. The lowest BCUT2D eigenvalue weighted by Crippen LogP contribution is -2.40. The molecule has 3 saturated carbocycles. The van der Waals surface area contributed by atoms with E-state index in [4.69, 9.17) is 24.2 Å². The van der Waals surface area contributed by atoms with Crippen LogP contribution in [0.15, 0.2) is 9.32 Å². The number of anilines is 1. The quantitative estimate of drug-likeness (QED) is 0.412. The van der Waals surface area contributed by atoms with Crippen LogP contribution in [-0.2, 0) is 16.9 Å². The molecule has 3 aliphatic rings. The summed E-state index contributed by atoms with van der Waals surface area (Å²) in [5, 5.41) is 7.57. The predicted molar refractivity (Wildman–Crippen MR) is 140 cm³/mol. The molecule has 10 nitrogen and oxygen atoms in total. The third kappa shape index (κ3) is 4.57. The van der Waals surface area contributed by atoms with Gasteiger partial charge in [-0.25, -0.2) is 19.7 Å². The molecule has 0 saturated heterocycles. The Morgan fingerprint density at radius 1 is 1.14 bits per heavy atom. The second-order valence-corrected chi connectivity index (χ2v) is 11.6. The van der Waals surface area contributed by atoms with Gasteiger partial charge in [-0.15, -0.1) is 0 Å². The molecular weight excluding hydrogens is 470 g/mol. The normalized spacial score (nSPS) is 24.5. The maximum Gasteiger partial charge on any atom is 0.439 e. The van der Waals surface area contributed by atoms with Crippen LogP contribution in [0.3, 0.4) is 0 Å². The Hall–Kier alpha value is -2.75. The van der Waals surface area contributed by atoms with E-state index in [-0.39, 0.29) is 17.5 Å². The van der Waals surface area contributed by atoms with Crippen LogP contribution < -0.4 is 11.1 Å². The number of nitrogens with zero attached hydrogens (tertiary/aromatic N) is 5. The molecule has 3 fully saturated rings.